The van der Waals surface area contributed by atoms with Crippen LogP contribution in [0.5, 0.6) is 0 Å². The zero-order chi connectivity index (χ0) is 12.8. The fourth-order valence-corrected chi connectivity index (χ4v) is 1.33. The molecule has 0 unspecified atom stereocenters. The first-order valence-electron chi connectivity index (χ1n) is 5.49. The van der Waals surface area contributed by atoms with Crippen LogP contribution >= 0.6 is 0 Å². The normalized spacial score (nSPS) is 10.7. The molecule has 6 heteroatoms. The molecule has 6 nitrogen and oxygen atoms in total. The predicted molar refractivity (Wildman–Crippen MR) is 66.2 cm³/mol. The minimum Gasteiger partial charge on any atom is -0.345 e. The maximum absolute atomic E-state index is 11.5. The minimum atomic E-state index is -0.194. The van der Waals surface area contributed by atoms with Gasteiger partial charge in [0.05, 0.1) is 6.54 Å². The van der Waals surface area contributed by atoms with E-state index in [0.717, 1.165) is 5.56 Å². The average molecular weight is 243 g/mol. The third-order valence-corrected chi connectivity index (χ3v) is 2.31. The van der Waals surface area contributed by atoms with Gasteiger partial charge in [-0.25, -0.2) is 0 Å². The van der Waals surface area contributed by atoms with Crippen molar-refractivity contribution in [2.45, 2.75) is 13.5 Å². The molecule has 2 aromatic rings. The van der Waals surface area contributed by atoms with Gasteiger partial charge in [-0.2, -0.15) is 5.21 Å². The van der Waals surface area contributed by atoms with Crippen molar-refractivity contribution < 1.29 is 4.79 Å². The van der Waals surface area contributed by atoms with Crippen molar-refractivity contribution in [2.75, 3.05) is 0 Å². The summed E-state index contributed by atoms with van der Waals surface area (Å²) in [6.45, 7) is 2.28. The molecule has 1 aromatic carbocycles. The highest BCUT2D eigenvalue weighted by Gasteiger charge is 1.99. The zero-order valence-corrected chi connectivity index (χ0v) is 9.92. The van der Waals surface area contributed by atoms with E-state index in [-0.39, 0.29) is 12.5 Å². The van der Waals surface area contributed by atoms with Gasteiger partial charge in [-0.05, 0) is 18.6 Å². The molecule has 2 rings (SSSR count). The summed E-state index contributed by atoms with van der Waals surface area (Å²) in [5.41, 5.74) is 2.17. The monoisotopic (exact) mass is 243 g/mol. The number of carbonyl (C=O) groups excluding carboxylic acids is 1. The minimum absolute atomic E-state index is 0.194. The van der Waals surface area contributed by atoms with Gasteiger partial charge in [0, 0.05) is 6.08 Å². The highest BCUT2D eigenvalue weighted by atomic mass is 16.1. The van der Waals surface area contributed by atoms with Gasteiger partial charge in [0.25, 0.3) is 0 Å². The molecule has 18 heavy (non-hydrogen) atoms. The summed E-state index contributed by atoms with van der Waals surface area (Å²) in [5, 5.41) is 15.8. The molecule has 0 saturated carbocycles. The van der Waals surface area contributed by atoms with Crippen LogP contribution in [0, 0.1) is 6.92 Å². The number of amides is 1. The summed E-state index contributed by atoms with van der Waals surface area (Å²) in [6.07, 6.45) is 3.23. The largest absolute Gasteiger partial charge is 0.345 e. The molecule has 0 aliphatic rings. The van der Waals surface area contributed by atoms with Gasteiger partial charge < -0.3 is 5.32 Å². The van der Waals surface area contributed by atoms with E-state index in [1.54, 1.807) is 6.08 Å². The van der Waals surface area contributed by atoms with E-state index in [0.29, 0.717) is 5.82 Å². The van der Waals surface area contributed by atoms with Crippen LogP contribution in [0.3, 0.4) is 0 Å². The molecular formula is C12H13N5O. The Bertz CT molecular complexity index is 530. The van der Waals surface area contributed by atoms with Crippen molar-refractivity contribution >= 4 is 12.0 Å². The van der Waals surface area contributed by atoms with Crippen LogP contribution in [0.4, 0.5) is 0 Å². The SMILES string of the molecule is Cc1ccc(C=CC(=O)NCc2nn[nH]n2)cc1. The Labute approximate surface area is 104 Å². The van der Waals surface area contributed by atoms with Crippen LogP contribution in [0.2, 0.25) is 0 Å². The Morgan fingerprint density at radius 1 is 1.39 bits per heavy atom. The van der Waals surface area contributed by atoms with E-state index in [4.69, 9.17) is 0 Å². The number of carbonyl (C=O) groups is 1. The fourth-order valence-electron chi connectivity index (χ4n) is 1.33. The summed E-state index contributed by atoms with van der Waals surface area (Å²) < 4.78 is 0. The summed E-state index contributed by atoms with van der Waals surface area (Å²) >= 11 is 0. The molecule has 0 atom stereocenters. The maximum Gasteiger partial charge on any atom is 0.244 e. The van der Waals surface area contributed by atoms with E-state index in [9.17, 15) is 4.79 Å². The van der Waals surface area contributed by atoms with E-state index in [1.165, 1.54) is 11.6 Å². The summed E-state index contributed by atoms with van der Waals surface area (Å²) in [4.78, 5) is 11.5. The number of H-pyrrole nitrogens is 1. The number of tetrazole rings is 1. The second kappa shape index (κ2) is 5.72. The van der Waals surface area contributed by atoms with Gasteiger partial charge in [0.2, 0.25) is 5.91 Å². The molecule has 1 amide bonds. The number of aryl methyl sites for hydroxylation is 1. The van der Waals surface area contributed by atoms with E-state index >= 15 is 0 Å². The Balaban J connectivity index is 1.85. The Morgan fingerprint density at radius 2 is 2.17 bits per heavy atom. The van der Waals surface area contributed by atoms with Gasteiger partial charge in [0.1, 0.15) is 0 Å². The molecule has 1 aromatic heterocycles. The molecule has 0 aliphatic carbocycles. The molecule has 92 valence electrons. The summed E-state index contributed by atoms with van der Waals surface area (Å²) in [7, 11) is 0. The first-order valence-corrected chi connectivity index (χ1v) is 5.49. The third kappa shape index (κ3) is 3.51. The summed E-state index contributed by atoms with van der Waals surface area (Å²) in [5.74, 6) is 0.257. The number of aromatic nitrogens is 4. The lowest BCUT2D eigenvalue weighted by Crippen LogP contribution is -2.20. The number of benzene rings is 1. The van der Waals surface area contributed by atoms with E-state index in [2.05, 4.69) is 25.9 Å². The molecule has 2 N–H and O–H groups in total. The predicted octanol–water partition coefficient (Wildman–Crippen LogP) is 0.838. The highest BCUT2D eigenvalue weighted by Crippen LogP contribution is 2.04. The lowest BCUT2D eigenvalue weighted by atomic mass is 10.1. The van der Waals surface area contributed by atoms with Gasteiger partial charge in [-0.1, -0.05) is 35.0 Å². The second-order valence-electron chi connectivity index (χ2n) is 3.79. The van der Waals surface area contributed by atoms with Crippen LogP contribution in [-0.4, -0.2) is 26.5 Å². The van der Waals surface area contributed by atoms with Crippen molar-refractivity contribution in [3.8, 4) is 0 Å². The standard InChI is InChI=1S/C12H13N5O/c1-9-2-4-10(5-3-9)6-7-12(18)13-8-11-14-16-17-15-11/h2-7H,8H2,1H3,(H,13,18)(H,14,15,16,17). The first kappa shape index (κ1) is 12.0. The molecule has 0 aliphatic heterocycles. The Morgan fingerprint density at radius 3 is 2.83 bits per heavy atom. The van der Waals surface area contributed by atoms with Crippen molar-refractivity contribution in [3.63, 3.8) is 0 Å². The van der Waals surface area contributed by atoms with Crippen molar-refractivity contribution in [2.24, 2.45) is 0 Å². The van der Waals surface area contributed by atoms with Gasteiger partial charge in [0.15, 0.2) is 5.82 Å². The Hall–Kier alpha value is -2.50. The van der Waals surface area contributed by atoms with Gasteiger partial charge in [-0.15, -0.1) is 10.2 Å². The van der Waals surface area contributed by atoms with Crippen molar-refractivity contribution in [1.82, 2.24) is 25.9 Å². The molecule has 1 heterocycles. The van der Waals surface area contributed by atoms with Crippen LogP contribution in [0.1, 0.15) is 17.0 Å². The molecule has 0 bridgehead atoms. The van der Waals surface area contributed by atoms with Crippen molar-refractivity contribution in [1.29, 1.82) is 0 Å². The van der Waals surface area contributed by atoms with Gasteiger partial charge >= 0.3 is 0 Å². The van der Waals surface area contributed by atoms with Crippen LogP contribution < -0.4 is 5.32 Å². The number of nitrogens with zero attached hydrogens (tertiary/aromatic N) is 3. The lowest BCUT2D eigenvalue weighted by Gasteiger charge is -1.97. The van der Waals surface area contributed by atoms with E-state index < -0.39 is 0 Å². The second-order valence-corrected chi connectivity index (χ2v) is 3.79. The van der Waals surface area contributed by atoms with Crippen molar-refractivity contribution in [3.05, 3.63) is 47.3 Å². The lowest BCUT2D eigenvalue weighted by molar-refractivity contribution is -0.116. The Kier molecular flexibility index (Phi) is 3.80. The van der Waals surface area contributed by atoms with Crippen LogP contribution in [-0.2, 0) is 11.3 Å². The topological polar surface area (TPSA) is 83.6 Å². The average Bonchev–Trinajstić information content (AvgIpc) is 2.89. The number of nitrogens with one attached hydrogen (secondary N) is 2. The number of hydrogen-bond acceptors (Lipinski definition) is 4. The molecule has 0 spiro atoms. The zero-order valence-electron chi connectivity index (χ0n) is 9.92. The highest BCUT2D eigenvalue weighted by molar-refractivity contribution is 5.91. The smallest absolute Gasteiger partial charge is 0.244 e. The van der Waals surface area contributed by atoms with E-state index in [1.807, 2.05) is 31.2 Å². The third-order valence-electron chi connectivity index (χ3n) is 2.31. The van der Waals surface area contributed by atoms with Crippen LogP contribution in [0.25, 0.3) is 6.08 Å². The molecule has 0 fully saturated rings. The quantitative estimate of drug-likeness (QED) is 0.779. The molecular weight excluding hydrogens is 230 g/mol. The molecule has 0 saturated heterocycles. The maximum atomic E-state index is 11.5. The fraction of sp³-hybridized carbons (Fsp3) is 0.167. The van der Waals surface area contributed by atoms with Crippen LogP contribution in [0.15, 0.2) is 30.3 Å². The number of hydrogen-bond donors (Lipinski definition) is 2. The number of aromatic amines is 1. The van der Waals surface area contributed by atoms with Gasteiger partial charge in [-0.3, -0.25) is 4.79 Å². The summed E-state index contributed by atoms with van der Waals surface area (Å²) in [6, 6.07) is 7.91. The first-order chi connectivity index (χ1) is 8.74. The molecule has 0 radical (unpaired) electrons. The number of rotatable bonds is 4.